The summed E-state index contributed by atoms with van der Waals surface area (Å²) in [6, 6.07) is 3.41. The molecule has 0 spiro atoms. The highest BCUT2D eigenvalue weighted by Crippen LogP contribution is 2.37. The molecule has 3 rings (SSSR count). The number of halogens is 1. The molecule has 1 aromatic carbocycles. The summed E-state index contributed by atoms with van der Waals surface area (Å²) < 4.78 is 11.6. The third-order valence-electron chi connectivity index (χ3n) is 4.88. The largest absolute Gasteiger partial charge is 0.493 e. The molecule has 2 heterocycles. The van der Waals surface area contributed by atoms with Crippen molar-refractivity contribution in [1.29, 1.82) is 0 Å². The Balaban J connectivity index is 1.66. The number of ether oxygens (including phenoxy) is 2. The zero-order valence-corrected chi connectivity index (χ0v) is 19.7. The third kappa shape index (κ3) is 5.71. The number of likely N-dealkylation sites (tertiary alicyclic amines) is 1. The molecule has 1 N–H and O–H groups in total. The Hall–Kier alpha value is -1.64. The van der Waals surface area contributed by atoms with E-state index in [0.717, 1.165) is 25.3 Å². The normalized spacial score (nSPS) is 19.8. The average Bonchev–Trinajstić information content (AvgIpc) is 3.09. The van der Waals surface area contributed by atoms with Crippen molar-refractivity contribution in [2.45, 2.75) is 33.7 Å². The molecule has 0 aliphatic carbocycles. The van der Waals surface area contributed by atoms with Gasteiger partial charge in [0.2, 0.25) is 0 Å². The summed E-state index contributed by atoms with van der Waals surface area (Å²) >= 11 is 4.91. The molecule has 0 radical (unpaired) electrons. The van der Waals surface area contributed by atoms with Crippen LogP contribution in [0, 0.1) is 11.8 Å². The van der Waals surface area contributed by atoms with Crippen molar-refractivity contribution < 1.29 is 14.3 Å². The predicted molar refractivity (Wildman–Crippen MR) is 120 cm³/mol. The van der Waals surface area contributed by atoms with Crippen molar-refractivity contribution in [3.8, 4) is 11.5 Å². The van der Waals surface area contributed by atoms with Crippen LogP contribution in [-0.4, -0.2) is 42.6 Å². The SMILES string of the molecule is CCOc1c(Br)cc(C(=O)Nc2nc(CN3CC(C)CC(C)C3)cs2)cc1OC. The number of aromatic nitrogens is 1. The van der Waals surface area contributed by atoms with Gasteiger partial charge in [0, 0.05) is 30.6 Å². The maximum absolute atomic E-state index is 12.7. The van der Waals surface area contributed by atoms with Crippen LogP contribution in [0.15, 0.2) is 22.0 Å². The van der Waals surface area contributed by atoms with Crippen LogP contribution < -0.4 is 14.8 Å². The molecule has 1 aliphatic rings. The van der Waals surface area contributed by atoms with E-state index in [9.17, 15) is 4.79 Å². The van der Waals surface area contributed by atoms with Gasteiger partial charge in [-0.3, -0.25) is 15.0 Å². The Morgan fingerprint density at radius 1 is 1.34 bits per heavy atom. The molecular formula is C21H28BrN3O3S. The number of amides is 1. The van der Waals surface area contributed by atoms with Crippen molar-refractivity contribution in [3.05, 3.63) is 33.2 Å². The van der Waals surface area contributed by atoms with Gasteiger partial charge in [-0.15, -0.1) is 11.3 Å². The molecule has 1 amide bonds. The highest BCUT2D eigenvalue weighted by Gasteiger charge is 2.22. The molecule has 1 aliphatic heterocycles. The lowest BCUT2D eigenvalue weighted by Crippen LogP contribution is -2.38. The summed E-state index contributed by atoms with van der Waals surface area (Å²) in [6.45, 7) is 10.0. The first-order valence-electron chi connectivity index (χ1n) is 9.88. The van der Waals surface area contributed by atoms with E-state index in [1.807, 2.05) is 12.3 Å². The Kier molecular flexibility index (Phi) is 7.54. The summed E-state index contributed by atoms with van der Waals surface area (Å²) in [5, 5.41) is 5.52. The Labute approximate surface area is 184 Å². The molecule has 2 atom stereocenters. The molecule has 0 saturated carbocycles. The van der Waals surface area contributed by atoms with Gasteiger partial charge in [0.1, 0.15) is 0 Å². The fourth-order valence-electron chi connectivity index (χ4n) is 3.89. The zero-order chi connectivity index (χ0) is 21.0. The van der Waals surface area contributed by atoms with Gasteiger partial charge in [0.15, 0.2) is 16.6 Å². The summed E-state index contributed by atoms with van der Waals surface area (Å²) in [7, 11) is 1.56. The van der Waals surface area contributed by atoms with Crippen molar-refractivity contribution in [2.75, 3.05) is 32.1 Å². The van der Waals surface area contributed by atoms with E-state index in [1.165, 1.54) is 17.8 Å². The second kappa shape index (κ2) is 9.91. The molecule has 2 unspecified atom stereocenters. The van der Waals surface area contributed by atoms with Gasteiger partial charge in [0.05, 0.1) is 23.9 Å². The van der Waals surface area contributed by atoms with Crippen molar-refractivity contribution in [3.63, 3.8) is 0 Å². The maximum atomic E-state index is 12.7. The first-order chi connectivity index (χ1) is 13.9. The second-order valence-corrected chi connectivity index (χ2v) is 9.37. The number of hydrogen-bond donors (Lipinski definition) is 1. The highest BCUT2D eigenvalue weighted by atomic mass is 79.9. The molecule has 8 heteroatoms. The minimum atomic E-state index is -0.229. The molecule has 29 heavy (non-hydrogen) atoms. The quantitative estimate of drug-likeness (QED) is 0.599. The summed E-state index contributed by atoms with van der Waals surface area (Å²) in [5.74, 6) is 2.30. The highest BCUT2D eigenvalue weighted by molar-refractivity contribution is 9.10. The van der Waals surface area contributed by atoms with Gasteiger partial charge in [-0.1, -0.05) is 13.8 Å². The zero-order valence-electron chi connectivity index (χ0n) is 17.3. The van der Waals surface area contributed by atoms with Crippen LogP contribution in [-0.2, 0) is 6.54 Å². The van der Waals surface area contributed by atoms with Gasteiger partial charge in [-0.2, -0.15) is 0 Å². The van der Waals surface area contributed by atoms with E-state index < -0.39 is 0 Å². The number of piperidine rings is 1. The van der Waals surface area contributed by atoms with Crippen LogP contribution in [0.3, 0.4) is 0 Å². The van der Waals surface area contributed by atoms with E-state index in [-0.39, 0.29) is 5.91 Å². The minimum absolute atomic E-state index is 0.229. The maximum Gasteiger partial charge on any atom is 0.257 e. The number of hydrogen-bond acceptors (Lipinski definition) is 6. The van der Waals surface area contributed by atoms with Crippen LogP contribution in [0.1, 0.15) is 43.2 Å². The van der Waals surface area contributed by atoms with Crippen molar-refractivity contribution in [1.82, 2.24) is 9.88 Å². The number of benzene rings is 1. The second-order valence-electron chi connectivity index (χ2n) is 7.66. The number of carbonyl (C=O) groups excluding carboxylic acids is 1. The lowest BCUT2D eigenvalue weighted by molar-refractivity contribution is 0.102. The van der Waals surface area contributed by atoms with Crippen LogP contribution in [0.2, 0.25) is 0 Å². The van der Waals surface area contributed by atoms with Gasteiger partial charge in [0.25, 0.3) is 5.91 Å². The molecule has 1 saturated heterocycles. The van der Waals surface area contributed by atoms with E-state index in [1.54, 1.807) is 19.2 Å². The first-order valence-corrected chi connectivity index (χ1v) is 11.5. The number of carbonyl (C=O) groups is 1. The molecule has 0 bridgehead atoms. The van der Waals surface area contributed by atoms with Crippen LogP contribution >= 0.6 is 27.3 Å². The Morgan fingerprint density at radius 3 is 2.72 bits per heavy atom. The lowest BCUT2D eigenvalue weighted by Gasteiger charge is -2.34. The molecule has 1 aromatic heterocycles. The number of nitrogens with zero attached hydrogens (tertiary/aromatic N) is 2. The molecular weight excluding hydrogens is 454 g/mol. The van der Waals surface area contributed by atoms with E-state index in [4.69, 9.17) is 9.47 Å². The third-order valence-corrected chi connectivity index (χ3v) is 6.28. The monoisotopic (exact) mass is 481 g/mol. The van der Waals surface area contributed by atoms with E-state index in [0.29, 0.717) is 45.1 Å². The lowest BCUT2D eigenvalue weighted by atomic mass is 9.92. The molecule has 6 nitrogen and oxygen atoms in total. The summed E-state index contributed by atoms with van der Waals surface area (Å²) in [4.78, 5) is 19.8. The standard InChI is InChI=1S/C21H28BrN3O3S/c1-5-28-19-17(22)7-15(8-18(19)27-4)20(26)24-21-23-16(12-29-21)11-25-9-13(2)6-14(3)10-25/h7-8,12-14H,5-6,9-11H2,1-4H3,(H,23,24,26). The fourth-order valence-corrected chi connectivity index (χ4v) is 5.14. The van der Waals surface area contributed by atoms with Gasteiger partial charge >= 0.3 is 0 Å². The Morgan fingerprint density at radius 2 is 2.07 bits per heavy atom. The number of rotatable bonds is 7. The smallest absolute Gasteiger partial charge is 0.257 e. The van der Waals surface area contributed by atoms with Crippen LogP contribution in [0.4, 0.5) is 5.13 Å². The van der Waals surface area contributed by atoms with E-state index in [2.05, 4.69) is 45.0 Å². The van der Waals surface area contributed by atoms with Crippen molar-refractivity contribution in [2.24, 2.45) is 11.8 Å². The molecule has 1 fully saturated rings. The Bertz CT molecular complexity index is 848. The van der Waals surface area contributed by atoms with Gasteiger partial charge in [-0.25, -0.2) is 4.98 Å². The van der Waals surface area contributed by atoms with Crippen LogP contribution in [0.25, 0.3) is 0 Å². The van der Waals surface area contributed by atoms with Gasteiger partial charge < -0.3 is 9.47 Å². The number of nitrogens with one attached hydrogen (secondary N) is 1. The van der Waals surface area contributed by atoms with E-state index >= 15 is 0 Å². The topological polar surface area (TPSA) is 63.7 Å². The first kappa shape index (κ1) is 22.1. The molecule has 2 aromatic rings. The van der Waals surface area contributed by atoms with Crippen LogP contribution in [0.5, 0.6) is 11.5 Å². The molecule has 158 valence electrons. The average molecular weight is 482 g/mol. The number of anilines is 1. The summed E-state index contributed by atoms with van der Waals surface area (Å²) in [6.07, 6.45) is 1.29. The van der Waals surface area contributed by atoms with Gasteiger partial charge in [-0.05, 0) is 53.2 Å². The fraction of sp³-hybridized carbons (Fsp3) is 0.524. The minimum Gasteiger partial charge on any atom is -0.493 e. The number of thiazole rings is 1. The summed E-state index contributed by atoms with van der Waals surface area (Å²) in [5.41, 5.74) is 1.48. The van der Waals surface area contributed by atoms with Crippen molar-refractivity contribution >= 4 is 38.3 Å². The predicted octanol–water partition coefficient (Wildman–Crippen LogP) is 5.04. The number of methoxy groups -OCH3 is 1.